The summed E-state index contributed by atoms with van der Waals surface area (Å²) in [6.45, 7) is 0.682. The molecule has 2 aromatic carbocycles. The predicted molar refractivity (Wildman–Crippen MR) is 104 cm³/mol. The Morgan fingerprint density at radius 3 is 2.59 bits per heavy atom. The Kier molecular flexibility index (Phi) is 7.74. The summed E-state index contributed by atoms with van der Waals surface area (Å²) in [5.74, 6) is -0.588. The number of methoxy groups -OCH3 is 1. The molecule has 2 rings (SSSR count). The van der Waals surface area contributed by atoms with E-state index in [0.29, 0.717) is 30.0 Å². The fourth-order valence-electron chi connectivity index (χ4n) is 2.09. The van der Waals surface area contributed by atoms with Crippen molar-refractivity contribution in [2.24, 2.45) is 0 Å². The highest BCUT2D eigenvalue weighted by Crippen LogP contribution is 2.18. The summed E-state index contributed by atoms with van der Waals surface area (Å²) in [4.78, 5) is 24.0. The molecule has 0 aliphatic rings. The number of nitrogens with zero attached hydrogens (tertiary/aromatic N) is 1. The van der Waals surface area contributed by atoms with Crippen molar-refractivity contribution in [1.29, 1.82) is 5.26 Å². The van der Waals surface area contributed by atoms with E-state index in [2.05, 4.69) is 21.2 Å². The lowest BCUT2D eigenvalue weighted by Crippen LogP contribution is -2.27. The van der Waals surface area contributed by atoms with Gasteiger partial charge in [-0.15, -0.1) is 0 Å². The van der Waals surface area contributed by atoms with E-state index in [1.54, 1.807) is 42.5 Å². The first-order valence-electron chi connectivity index (χ1n) is 8.00. The van der Waals surface area contributed by atoms with E-state index < -0.39 is 11.9 Å². The van der Waals surface area contributed by atoms with Gasteiger partial charge in [0.05, 0.1) is 12.2 Å². The topological polar surface area (TPSA) is 88.4 Å². The second-order valence-electron chi connectivity index (χ2n) is 5.39. The lowest BCUT2D eigenvalue weighted by Gasteiger charge is -2.06. The number of ether oxygens (including phenoxy) is 2. The fraction of sp³-hybridized carbons (Fsp3) is 0.150. The minimum absolute atomic E-state index is 0.0232. The summed E-state index contributed by atoms with van der Waals surface area (Å²) < 4.78 is 10.9. The van der Waals surface area contributed by atoms with Gasteiger partial charge in [-0.1, -0.05) is 34.1 Å². The molecule has 1 N–H and O–H groups in total. The molecule has 0 aliphatic carbocycles. The first kappa shape index (κ1) is 20.4. The van der Waals surface area contributed by atoms with Crippen LogP contribution in [0.25, 0.3) is 6.08 Å². The lowest BCUT2D eigenvalue weighted by molar-refractivity contribution is -0.117. The Labute approximate surface area is 165 Å². The number of nitriles is 1. The molecular weight excluding hydrogens is 412 g/mol. The molecule has 7 heteroatoms. The van der Waals surface area contributed by atoms with Gasteiger partial charge < -0.3 is 14.8 Å². The maximum atomic E-state index is 12.1. The molecule has 0 aliphatic heterocycles. The van der Waals surface area contributed by atoms with Gasteiger partial charge in [0.25, 0.3) is 5.91 Å². The molecule has 0 saturated heterocycles. The average molecular weight is 429 g/mol. The number of esters is 1. The molecule has 0 atom stereocenters. The number of rotatable bonds is 7. The number of benzene rings is 2. The van der Waals surface area contributed by atoms with Gasteiger partial charge in [-0.3, -0.25) is 4.79 Å². The molecule has 0 saturated carbocycles. The van der Waals surface area contributed by atoms with Gasteiger partial charge in [-0.05, 0) is 42.0 Å². The molecule has 0 bridgehead atoms. The number of halogens is 1. The Hall–Kier alpha value is -2.95. The van der Waals surface area contributed by atoms with Crippen molar-refractivity contribution in [3.63, 3.8) is 0 Å². The van der Waals surface area contributed by atoms with E-state index in [1.807, 2.05) is 12.1 Å². The molecule has 138 valence electrons. The molecule has 0 radical (unpaired) electrons. The average Bonchev–Trinajstić information content (AvgIpc) is 2.67. The zero-order valence-electron chi connectivity index (χ0n) is 14.6. The normalized spacial score (nSPS) is 10.8. The lowest BCUT2D eigenvalue weighted by atomic mass is 10.1. The molecular formula is C20H17BrN2O4. The summed E-state index contributed by atoms with van der Waals surface area (Å²) >= 11 is 3.31. The highest BCUT2D eigenvalue weighted by molar-refractivity contribution is 9.10. The first-order chi connectivity index (χ1) is 13.0. The smallest absolute Gasteiger partial charge is 0.343 e. The molecule has 0 spiro atoms. The van der Waals surface area contributed by atoms with Crippen molar-refractivity contribution in [3.8, 4) is 11.8 Å². The third-order valence-corrected chi connectivity index (χ3v) is 3.91. The van der Waals surface area contributed by atoms with E-state index >= 15 is 0 Å². The van der Waals surface area contributed by atoms with Gasteiger partial charge >= 0.3 is 5.97 Å². The van der Waals surface area contributed by atoms with E-state index in [9.17, 15) is 9.59 Å². The zero-order chi connectivity index (χ0) is 19.6. The van der Waals surface area contributed by atoms with Crippen molar-refractivity contribution in [1.82, 2.24) is 5.32 Å². The van der Waals surface area contributed by atoms with Gasteiger partial charge in [0.2, 0.25) is 0 Å². The van der Waals surface area contributed by atoms with Crippen LogP contribution in [0.15, 0.2) is 58.6 Å². The molecule has 0 aromatic heterocycles. The van der Waals surface area contributed by atoms with Crippen LogP contribution >= 0.6 is 15.9 Å². The van der Waals surface area contributed by atoms with Gasteiger partial charge in [-0.2, -0.15) is 5.26 Å². The van der Waals surface area contributed by atoms with Gasteiger partial charge in [0.1, 0.15) is 17.4 Å². The van der Waals surface area contributed by atoms with Crippen LogP contribution in [0, 0.1) is 11.3 Å². The number of hydrogen-bond donors (Lipinski definition) is 1. The minimum atomic E-state index is -0.477. The number of nitrogens with one attached hydrogen (secondary N) is 1. The first-order valence-corrected chi connectivity index (χ1v) is 8.79. The third kappa shape index (κ3) is 6.37. The number of amides is 1. The van der Waals surface area contributed by atoms with Crippen molar-refractivity contribution in [3.05, 3.63) is 69.7 Å². The van der Waals surface area contributed by atoms with Crippen LogP contribution in [0.1, 0.15) is 15.9 Å². The molecule has 0 fully saturated rings. The summed E-state index contributed by atoms with van der Waals surface area (Å²) in [5, 5.41) is 11.7. The van der Waals surface area contributed by atoms with Crippen LogP contribution in [0.5, 0.6) is 5.75 Å². The van der Waals surface area contributed by atoms with Crippen LogP contribution in [0.3, 0.4) is 0 Å². The van der Waals surface area contributed by atoms with Crippen LogP contribution in [-0.4, -0.2) is 32.1 Å². The van der Waals surface area contributed by atoms with Crippen LogP contribution in [0.2, 0.25) is 0 Å². The van der Waals surface area contributed by atoms with Crippen LogP contribution in [0.4, 0.5) is 0 Å². The number of carbonyl (C=O) groups excluding carboxylic acids is 2. The second-order valence-corrected chi connectivity index (χ2v) is 6.30. The summed E-state index contributed by atoms with van der Waals surface area (Å²) in [6, 6.07) is 15.3. The Morgan fingerprint density at radius 1 is 1.22 bits per heavy atom. The molecule has 0 heterocycles. The third-order valence-electron chi connectivity index (χ3n) is 3.42. The Morgan fingerprint density at radius 2 is 1.96 bits per heavy atom. The Balaban J connectivity index is 2.04. The number of carbonyl (C=O) groups is 2. The van der Waals surface area contributed by atoms with Crippen LogP contribution < -0.4 is 10.1 Å². The van der Waals surface area contributed by atoms with E-state index in [0.717, 1.165) is 4.47 Å². The van der Waals surface area contributed by atoms with Crippen molar-refractivity contribution in [2.45, 2.75) is 0 Å². The number of hydrogen-bond acceptors (Lipinski definition) is 5. The SMILES string of the molecule is COCCNC(=O)/C(C#N)=C/c1ccc(OC(=O)c2cccc(Br)c2)cc1. The van der Waals surface area contributed by atoms with Gasteiger partial charge in [0, 0.05) is 18.1 Å². The second kappa shape index (κ2) is 10.3. The van der Waals surface area contributed by atoms with Gasteiger partial charge in [-0.25, -0.2) is 4.79 Å². The van der Waals surface area contributed by atoms with Crippen molar-refractivity contribution >= 4 is 33.9 Å². The van der Waals surface area contributed by atoms with Crippen LogP contribution in [-0.2, 0) is 9.53 Å². The van der Waals surface area contributed by atoms with E-state index in [1.165, 1.54) is 13.2 Å². The van der Waals surface area contributed by atoms with Crippen molar-refractivity contribution < 1.29 is 19.1 Å². The highest BCUT2D eigenvalue weighted by Gasteiger charge is 2.10. The summed E-state index contributed by atoms with van der Waals surface area (Å²) in [5.41, 5.74) is 1.04. The molecule has 0 unspecified atom stereocenters. The summed E-state index contributed by atoms with van der Waals surface area (Å²) in [7, 11) is 1.53. The van der Waals surface area contributed by atoms with Crippen molar-refractivity contribution in [2.75, 3.05) is 20.3 Å². The monoisotopic (exact) mass is 428 g/mol. The molecule has 1 amide bonds. The van der Waals surface area contributed by atoms with E-state index in [4.69, 9.17) is 14.7 Å². The molecule has 6 nitrogen and oxygen atoms in total. The molecule has 2 aromatic rings. The largest absolute Gasteiger partial charge is 0.423 e. The maximum Gasteiger partial charge on any atom is 0.343 e. The quantitative estimate of drug-likeness (QED) is 0.240. The maximum absolute atomic E-state index is 12.1. The Bertz CT molecular complexity index is 886. The zero-order valence-corrected chi connectivity index (χ0v) is 16.2. The van der Waals surface area contributed by atoms with E-state index in [-0.39, 0.29) is 5.57 Å². The fourth-order valence-corrected chi connectivity index (χ4v) is 2.49. The minimum Gasteiger partial charge on any atom is -0.423 e. The standard InChI is InChI=1S/C20H17BrN2O4/c1-26-10-9-23-19(24)16(13-22)11-14-5-7-18(8-6-14)27-20(25)15-3-2-4-17(21)12-15/h2-8,11-12H,9-10H2,1H3,(H,23,24)/b16-11+. The highest BCUT2D eigenvalue weighted by atomic mass is 79.9. The van der Waals surface area contributed by atoms with Gasteiger partial charge in [0.15, 0.2) is 0 Å². The summed E-state index contributed by atoms with van der Waals surface area (Å²) in [6.07, 6.45) is 1.46. The molecule has 27 heavy (non-hydrogen) atoms. The predicted octanol–water partition coefficient (Wildman–Crippen LogP) is 3.34.